The number of aliphatic hydroxyl groups is 1. The summed E-state index contributed by atoms with van der Waals surface area (Å²) >= 11 is 3.24. The van der Waals surface area contributed by atoms with Crippen molar-refractivity contribution >= 4 is 15.9 Å². The lowest BCUT2D eigenvalue weighted by molar-refractivity contribution is 0.214. The van der Waals surface area contributed by atoms with Crippen LogP contribution in [0.4, 0.5) is 4.39 Å². The van der Waals surface area contributed by atoms with Gasteiger partial charge in [0.25, 0.3) is 0 Å². The second kappa shape index (κ2) is 4.67. The van der Waals surface area contributed by atoms with Gasteiger partial charge in [-0.3, -0.25) is 9.97 Å². The zero-order valence-corrected chi connectivity index (χ0v) is 9.73. The van der Waals surface area contributed by atoms with Crippen molar-refractivity contribution in [2.45, 2.75) is 6.10 Å². The molecule has 0 amide bonds. The van der Waals surface area contributed by atoms with Crippen LogP contribution >= 0.6 is 15.9 Å². The SMILES string of the molecule is OC(c1cncc(Br)c1)c1ccncc1F. The Labute approximate surface area is 100 Å². The molecule has 2 aromatic rings. The summed E-state index contributed by atoms with van der Waals surface area (Å²) in [6.07, 6.45) is 4.57. The van der Waals surface area contributed by atoms with Crippen LogP contribution in [0.3, 0.4) is 0 Å². The highest BCUT2D eigenvalue weighted by molar-refractivity contribution is 9.10. The van der Waals surface area contributed by atoms with E-state index in [1.165, 1.54) is 18.5 Å². The normalized spacial score (nSPS) is 12.4. The molecule has 82 valence electrons. The Morgan fingerprint density at radius 2 is 2.06 bits per heavy atom. The first-order valence-electron chi connectivity index (χ1n) is 4.56. The summed E-state index contributed by atoms with van der Waals surface area (Å²) in [5, 5.41) is 9.97. The average Bonchev–Trinajstić information content (AvgIpc) is 2.29. The Kier molecular flexibility index (Phi) is 3.26. The third-order valence-corrected chi connectivity index (χ3v) is 2.57. The van der Waals surface area contributed by atoms with E-state index < -0.39 is 11.9 Å². The van der Waals surface area contributed by atoms with Gasteiger partial charge in [0.05, 0.1) is 6.20 Å². The number of nitrogens with zero attached hydrogens (tertiary/aromatic N) is 2. The molecule has 0 aliphatic carbocycles. The van der Waals surface area contributed by atoms with E-state index in [1.807, 2.05) is 0 Å². The highest BCUT2D eigenvalue weighted by Gasteiger charge is 2.15. The van der Waals surface area contributed by atoms with Crippen molar-refractivity contribution in [1.29, 1.82) is 0 Å². The van der Waals surface area contributed by atoms with Gasteiger partial charge in [0.1, 0.15) is 11.9 Å². The van der Waals surface area contributed by atoms with Gasteiger partial charge in [-0.15, -0.1) is 0 Å². The fraction of sp³-hybridized carbons (Fsp3) is 0.0909. The van der Waals surface area contributed by atoms with Crippen LogP contribution in [0.5, 0.6) is 0 Å². The highest BCUT2D eigenvalue weighted by Crippen LogP contribution is 2.24. The van der Waals surface area contributed by atoms with E-state index in [-0.39, 0.29) is 5.56 Å². The van der Waals surface area contributed by atoms with Crippen LogP contribution in [0.1, 0.15) is 17.2 Å². The van der Waals surface area contributed by atoms with Crippen molar-refractivity contribution < 1.29 is 9.50 Å². The maximum Gasteiger partial charge on any atom is 0.147 e. The molecule has 0 bridgehead atoms. The number of halogens is 2. The van der Waals surface area contributed by atoms with E-state index in [0.717, 1.165) is 10.7 Å². The number of aliphatic hydroxyl groups excluding tert-OH is 1. The Morgan fingerprint density at radius 3 is 2.75 bits per heavy atom. The van der Waals surface area contributed by atoms with Gasteiger partial charge in [0.15, 0.2) is 0 Å². The lowest BCUT2D eigenvalue weighted by atomic mass is 10.0. The average molecular weight is 283 g/mol. The Balaban J connectivity index is 2.39. The topological polar surface area (TPSA) is 46.0 Å². The first-order chi connectivity index (χ1) is 7.68. The lowest BCUT2D eigenvalue weighted by Crippen LogP contribution is -2.03. The minimum absolute atomic E-state index is 0.190. The molecule has 16 heavy (non-hydrogen) atoms. The minimum atomic E-state index is -1.03. The molecule has 0 fully saturated rings. The van der Waals surface area contributed by atoms with Gasteiger partial charge in [-0.1, -0.05) is 0 Å². The van der Waals surface area contributed by atoms with Crippen LogP contribution < -0.4 is 0 Å². The number of hydrogen-bond donors (Lipinski definition) is 1. The van der Waals surface area contributed by atoms with Crippen LogP contribution in [-0.2, 0) is 0 Å². The predicted octanol–water partition coefficient (Wildman–Crippen LogP) is 2.46. The van der Waals surface area contributed by atoms with Crippen LogP contribution in [0, 0.1) is 5.82 Å². The van der Waals surface area contributed by atoms with E-state index in [0.29, 0.717) is 5.56 Å². The van der Waals surface area contributed by atoms with E-state index in [2.05, 4.69) is 25.9 Å². The molecule has 2 rings (SSSR count). The molecule has 0 saturated heterocycles. The van der Waals surface area contributed by atoms with Gasteiger partial charge in [-0.25, -0.2) is 4.39 Å². The smallest absolute Gasteiger partial charge is 0.147 e. The van der Waals surface area contributed by atoms with Crippen LogP contribution in [-0.4, -0.2) is 15.1 Å². The summed E-state index contributed by atoms with van der Waals surface area (Å²) < 4.78 is 14.1. The summed E-state index contributed by atoms with van der Waals surface area (Å²) in [6.45, 7) is 0. The zero-order chi connectivity index (χ0) is 11.5. The third-order valence-electron chi connectivity index (χ3n) is 2.14. The molecule has 5 heteroatoms. The molecule has 2 heterocycles. The molecule has 0 saturated carbocycles. The van der Waals surface area contributed by atoms with Crippen molar-refractivity contribution in [3.05, 3.63) is 58.3 Å². The summed E-state index contributed by atoms with van der Waals surface area (Å²) in [7, 11) is 0. The molecule has 1 atom stereocenters. The molecule has 0 aromatic carbocycles. The number of aromatic nitrogens is 2. The van der Waals surface area contributed by atoms with Gasteiger partial charge in [0, 0.05) is 34.2 Å². The standard InChI is InChI=1S/C11H8BrFN2O/c12-8-3-7(4-15-5-8)11(16)9-1-2-14-6-10(9)13/h1-6,11,16H. The fourth-order valence-corrected chi connectivity index (χ4v) is 1.75. The summed E-state index contributed by atoms with van der Waals surface area (Å²) in [5.41, 5.74) is 0.717. The van der Waals surface area contributed by atoms with Crippen LogP contribution in [0.25, 0.3) is 0 Å². The summed E-state index contributed by atoms with van der Waals surface area (Å²) in [4.78, 5) is 7.54. The highest BCUT2D eigenvalue weighted by atomic mass is 79.9. The van der Waals surface area contributed by atoms with Crippen LogP contribution in [0.15, 0.2) is 41.4 Å². The monoisotopic (exact) mass is 282 g/mol. The van der Waals surface area contributed by atoms with E-state index >= 15 is 0 Å². The van der Waals surface area contributed by atoms with Gasteiger partial charge in [-0.2, -0.15) is 0 Å². The number of pyridine rings is 2. The Bertz CT molecular complexity index is 507. The third kappa shape index (κ3) is 2.25. The first-order valence-corrected chi connectivity index (χ1v) is 5.35. The molecule has 2 aromatic heterocycles. The van der Waals surface area contributed by atoms with Crippen molar-refractivity contribution in [1.82, 2.24) is 9.97 Å². The van der Waals surface area contributed by atoms with Gasteiger partial charge >= 0.3 is 0 Å². The maximum atomic E-state index is 13.4. The van der Waals surface area contributed by atoms with Gasteiger partial charge in [0.2, 0.25) is 0 Å². The summed E-state index contributed by atoms with van der Waals surface area (Å²) in [5.74, 6) is -0.532. The second-order valence-electron chi connectivity index (χ2n) is 3.24. The molecular weight excluding hydrogens is 275 g/mol. The van der Waals surface area contributed by atoms with Crippen molar-refractivity contribution in [3.63, 3.8) is 0 Å². The molecule has 0 spiro atoms. The zero-order valence-electron chi connectivity index (χ0n) is 8.14. The Hall–Kier alpha value is -1.33. The van der Waals surface area contributed by atoms with Crippen molar-refractivity contribution in [2.24, 2.45) is 0 Å². The quantitative estimate of drug-likeness (QED) is 0.920. The fourth-order valence-electron chi connectivity index (χ4n) is 1.37. The van der Waals surface area contributed by atoms with Crippen LogP contribution in [0.2, 0.25) is 0 Å². The van der Waals surface area contributed by atoms with E-state index in [9.17, 15) is 9.50 Å². The number of hydrogen-bond acceptors (Lipinski definition) is 3. The molecule has 3 nitrogen and oxygen atoms in total. The predicted molar refractivity (Wildman–Crippen MR) is 60.2 cm³/mol. The summed E-state index contributed by atoms with van der Waals surface area (Å²) in [6, 6.07) is 3.14. The number of rotatable bonds is 2. The Morgan fingerprint density at radius 1 is 1.25 bits per heavy atom. The molecule has 1 N–H and O–H groups in total. The van der Waals surface area contributed by atoms with Crippen molar-refractivity contribution in [2.75, 3.05) is 0 Å². The first kappa shape index (κ1) is 11.2. The van der Waals surface area contributed by atoms with Gasteiger partial charge in [-0.05, 0) is 28.1 Å². The molecule has 0 aliphatic rings. The minimum Gasteiger partial charge on any atom is -0.383 e. The van der Waals surface area contributed by atoms with Crippen molar-refractivity contribution in [3.8, 4) is 0 Å². The molecule has 0 radical (unpaired) electrons. The molecule has 1 unspecified atom stereocenters. The largest absolute Gasteiger partial charge is 0.383 e. The van der Waals surface area contributed by atoms with Gasteiger partial charge < -0.3 is 5.11 Å². The second-order valence-corrected chi connectivity index (χ2v) is 4.15. The lowest BCUT2D eigenvalue weighted by Gasteiger charge is -2.11. The molecular formula is C11H8BrFN2O. The molecule has 0 aliphatic heterocycles. The van der Waals surface area contributed by atoms with E-state index in [4.69, 9.17) is 0 Å². The van der Waals surface area contributed by atoms with E-state index in [1.54, 1.807) is 12.3 Å². The maximum absolute atomic E-state index is 13.4.